The Kier molecular flexibility index (Phi) is 7.50. The van der Waals surface area contributed by atoms with E-state index in [0.717, 1.165) is 0 Å². The van der Waals surface area contributed by atoms with Crippen LogP contribution in [0, 0.1) is 5.92 Å². The topological polar surface area (TPSA) is 9.23 Å². The second kappa shape index (κ2) is 8.92. The molecule has 1 aromatic rings. The summed E-state index contributed by atoms with van der Waals surface area (Å²) < 4.78 is 6.04. The molecule has 0 aliphatic rings. The lowest BCUT2D eigenvalue weighted by molar-refractivity contribution is 0.0234. The molecule has 106 valence electrons. The van der Waals surface area contributed by atoms with Crippen molar-refractivity contribution in [2.45, 2.75) is 59.7 Å². The second-order valence-corrected chi connectivity index (χ2v) is 5.55. The van der Waals surface area contributed by atoms with Gasteiger partial charge in [0.1, 0.15) is 0 Å². The van der Waals surface area contributed by atoms with Crippen LogP contribution >= 0.6 is 0 Å². The van der Waals surface area contributed by atoms with Crippen LogP contribution in [0.1, 0.15) is 52.5 Å². The third kappa shape index (κ3) is 6.58. The Morgan fingerprint density at radius 3 is 2.47 bits per heavy atom. The molecule has 0 heterocycles. The van der Waals surface area contributed by atoms with Crippen molar-refractivity contribution in [2.75, 3.05) is 0 Å². The predicted molar refractivity (Wildman–Crippen MR) is 83.1 cm³/mol. The number of allylic oxidation sites excluding steroid dienone is 1. The minimum absolute atomic E-state index is 0.279. The number of benzene rings is 1. The van der Waals surface area contributed by atoms with Crippen molar-refractivity contribution in [3.05, 3.63) is 47.5 Å². The maximum Gasteiger partial charge on any atom is 0.0720 e. The standard InChI is InChI=1S/C18H28O/c1-5-6-12-18(13-15(2)3)16(4)19-14-17-10-8-7-9-11-17/h7-11,13,16,18H,5-6,12,14H2,1-4H3. The van der Waals surface area contributed by atoms with Gasteiger partial charge in [-0.3, -0.25) is 0 Å². The zero-order valence-electron chi connectivity index (χ0n) is 12.9. The van der Waals surface area contributed by atoms with Gasteiger partial charge in [0.2, 0.25) is 0 Å². The summed E-state index contributed by atoms with van der Waals surface area (Å²) in [7, 11) is 0. The highest BCUT2D eigenvalue weighted by Gasteiger charge is 2.15. The molecule has 2 unspecified atom stereocenters. The van der Waals surface area contributed by atoms with Crippen molar-refractivity contribution in [2.24, 2.45) is 5.92 Å². The molecule has 0 N–H and O–H groups in total. The summed E-state index contributed by atoms with van der Waals surface area (Å²) in [6.45, 7) is 9.49. The first kappa shape index (κ1) is 16.0. The molecule has 2 atom stereocenters. The number of hydrogen-bond donors (Lipinski definition) is 0. The fourth-order valence-electron chi connectivity index (χ4n) is 2.25. The summed E-state index contributed by atoms with van der Waals surface area (Å²) >= 11 is 0. The zero-order valence-corrected chi connectivity index (χ0v) is 12.9. The number of unbranched alkanes of at least 4 members (excludes halogenated alkanes) is 1. The van der Waals surface area contributed by atoms with Crippen LogP contribution in [0.5, 0.6) is 0 Å². The highest BCUT2D eigenvalue weighted by atomic mass is 16.5. The molecule has 0 amide bonds. The molecule has 0 saturated carbocycles. The average Bonchev–Trinajstić information content (AvgIpc) is 2.41. The molecule has 19 heavy (non-hydrogen) atoms. The summed E-state index contributed by atoms with van der Waals surface area (Å²) in [5, 5.41) is 0. The second-order valence-electron chi connectivity index (χ2n) is 5.55. The van der Waals surface area contributed by atoms with E-state index in [1.807, 2.05) is 6.07 Å². The van der Waals surface area contributed by atoms with E-state index < -0.39 is 0 Å². The quantitative estimate of drug-likeness (QED) is 0.571. The summed E-state index contributed by atoms with van der Waals surface area (Å²) in [4.78, 5) is 0. The number of hydrogen-bond acceptors (Lipinski definition) is 1. The first-order valence-electron chi connectivity index (χ1n) is 7.44. The zero-order chi connectivity index (χ0) is 14.1. The monoisotopic (exact) mass is 260 g/mol. The maximum atomic E-state index is 6.04. The number of ether oxygens (including phenoxy) is 1. The minimum Gasteiger partial charge on any atom is -0.373 e. The van der Waals surface area contributed by atoms with Crippen LogP contribution in [0.3, 0.4) is 0 Å². The van der Waals surface area contributed by atoms with Gasteiger partial charge >= 0.3 is 0 Å². The van der Waals surface area contributed by atoms with Crippen LogP contribution in [0.25, 0.3) is 0 Å². The molecule has 0 spiro atoms. The van der Waals surface area contributed by atoms with E-state index in [4.69, 9.17) is 4.74 Å². The third-order valence-corrected chi connectivity index (χ3v) is 3.40. The average molecular weight is 260 g/mol. The molecular weight excluding hydrogens is 232 g/mol. The van der Waals surface area contributed by atoms with Crippen molar-refractivity contribution >= 4 is 0 Å². The normalized spacial score (nSPS) is 13.9. The first-order valence-corrected chi connectivity index (χ1v) is 7.44. The van der Waals surface area contributed by atoms with E-state index >= 15 is 0 Å². The van der Waals surface area contributed by atoms with Gasteiger partial charge < -0.3 is 4.74 Å². The first-order chi connectivity index (χ1) is 9.13. The molecule has 1 nitrogen and oxygen atoms in total. The van der Waals surface area contributed by atoms with Gasteiger partial charge in [0, 0.05) is 5.92 Å². The van der Waals surface area contributed by atoms with Crippen LogP contribution in [0.4, 0.5) is 0 Å². The van der Waals surface area contributed by atoms with E-state index in [9.17, 15) is 0 Å². The molecule has 0 radical (unpaired) electrons. The van der Waals surface area contributed by atoms with Crippen molar-refractivity contribution in [3.63, 3.8) is 0 Å². The SMILES string of the molecule is CCCCC(C=C(C)C)C(C)OCc1ccccc1. The van der Waals surface area contributed by atoms with Crippen LogP contribution in [-0.2, 0) is 11.3 Å². The van der Waals surface area contributed by atoms with Gasteiger partial charge in [0.05, 0.1) is 12.7 Å². The van der Waals surface area contributed by atoms with E-state index in [1.54, 1.807) is 0 Å². The highest BCUT2D eigenvalue weighted by molar-refractivity contribution is 5.13. The molecule has 1 heteroatoms. The Bertz CT molecular complexity index is 363. The molecule has 0 aromatic heterocycles. The van der Waals surface area contributed by atoms with Gasteiger partial charge in [0.25, 0.3) is 0 Å². The lowest BCUT2D eigenvalue weighted by Crippen LogP contribution is -2.19. The van der Waals surface area contributed by atoms with Crippen molar-refractivity contribution < 1.29 is 4.74 Å². The third-order valence-electron chi connectivity index (χ3n) is 3.40. The lowest BCUT2D eigenvalue weighted by Gasteiger charge is -2.22. The van der Waals surface area contributed by atoms with E-state index in [0.29, 0.717) is 12.5 Å². The van der Waals surface area contributed by atoms with Crippen LogP contribution < -0.4 is 0 Å². The fraction of sp³-hybridized carbons (Fsp3) is 0.556. The van der Waals surface area contributed by atoms with Gasteiger partial charge in [-0.25, -0.2) is 0 Å². The Labute approximate surface area is 118 Å². The largest absolute Gasteiger partial charge is 0.373 e. The summed E-state index contributed by atoms with van der Waals surface area (Å²) in [5.41, 5.74) is 2.64. The molecule has 1 aromatic carbocycles. The van der Waals surface area contributed by atoms with Crippen molar-refractivity contribution in [3.8, 4) is 0 Å². The molecule has 0 bridgehead atoms. The van der Waals surface area contributed by atoms with Gasteiger partial charge in [0.15, 0.2) is 0 Å². The summed E-state index contributed by atoms with van der Waals surface area (Å²) in [6, 6.07) is 10.4. The molecule has 0 saturated heterocycles. The van der Waals surface area contributed by atoms with Gasteiger partial charge in [-0.1, -0.05) is 61.7 Å². The van der Waals surface area contributed by atoms with Crippen LogP contribution in [0.15, 0.2) is 42.0 Å². The van der Waals surface area contributed by atoms with E-state index in [1.165, 1.54) is 30.4 Å². The lowest BCUT2D eigenvalue weighted by atomic mass is 9.94. The molecular formula is C18H28O. The molecule has 0 fully saturated rings. The Morgan fingerprint density at radius 2 is 1.89 bits per heavy atom. The molecule has 0 aliphatic carbocycles. The van der Waals surface area contributed by atoms with Crippen molar-refractivity contribution in [1.29, 1.82) is 0 Å². The van der Waals surface area contributed by atoms with Gasteiger partial charge in [-0.05, 0) is 32.8 Å². The van der Waals surface area contributed by atoms with Crippen LogP contribution in [-0.4, -0.2) is 6.10 Å². The highest BCUT2D eigenvalue weighted by Crippen LogP contribution is 2.20. The minimum atomic E-state index is 0.279. The van der Waals surface area contributed by atoms with E-state index in [2.05, 4.69) is 58.0 Å². The Balaban J connectivity index is 2.51. The van der Waals surface area contributed by atoms with E-state index in [-0.39, 0.29) is 6.10 Å². The number of rotatable bonds is 8. The Hall–Kier alpha value is -1.08. The van der Waals surface area contributed by atoms with Crippen LogP contribution in [0.2, 0.25) is 0 Å². The fourth-order valence-corrected chi connectivity index (χ4v) is 2.25. The maximum absolute atomic E-state index is 6.04. The van der Waals surface area contributed by atoms with Crippen molar-refractivity contribution in [1.82, 2.24) is 0 Å². The Morgan fingerprint density at radius 1 is 1.21 bits per heavy atom. The summed E-state index contributed by atoms with van der Waals surface area (Å²) in [6.07, 6.45) is 6.39. The van der Waals surface area contributed by atoms with Gasteiger partial charge in [-0.15, -0.1) is 0 Å². The molecule has 1 rings (SSSR count). The predicted octanol–water partition coefficient (Wildman–Crippen LogP) is 5.36. The summed E-state index contributed by atoms with van der Waals surface area (Å²) in [5.74, 6) is 0.536. The molecule has 0 aliphatic heterocycles. The smallest absolute Gasteiger partial charge is 0.0720 e. The van der Waals surface area contributed by atoms with Gasteiger partial charge in [-0.2, -0.15) is 0 Å².